The molecule has 41 heavy (non-hydrogen) atoms. The van der Waals surface area contributed by atoms with E-state index < -0.39 is 23.4 Å². The van der Waals surface area contributed by atoms with Crippen LogP contribution >= 0.6 is 47.8 Å². The van der Waals surface area contributed by atoms with Crippen LogP contribution < -0.4 is 10.2 Å². The van der Waals surface area contributed by atoms with Crippen LogP contribution in [0.5, 0.6) is 0 Å². The van der Waals surface area contributed by atoms with E-state index >= 15 is 0 Å². The third-order valence-electron chi connectivity index (χ3n) is 5.97. The summed E-state index contributed by atoms with van der Waals surface area (Å²) in [6, 6.07) is 22.7. The molecular formula is C30H19Br3F2N2O4. The van der Waals surface area contributed by atoms with Crippen molar-refractivity contribution in [2.45, 2.75) is 11.9 Å². The summed E-state index contributed by atoms with van der Waals surface area (Å²) in [4.78, 5) is 47.5. The van der Waals surface area contributed by atoms with Gasteiger partial charge in [0.15, 0.2) is 0 Å². The maximum atomic E-state index is 12.9. The minimum Gasteiger partial charge on any atom is -0.318 e. The molecular weight excluding hydrogens is 730 g/mol. The van der Waals surface area contributed by atoms with Crippen molar-refractivity contribution in [3.8, 4) is 0 Å². The Morgan fingerprint density at radius 3 is 1.76 bits per heavy atom. The van der Waals surface area contributed by atoms with Crippen LogP contribution in [0.15, 0.2) is 93.9 Å². The summed E-state index contributed by atoms with van der Waals surface area (Å²) in [6.45, 7) is 0.244. The molecule has 0 atom stereocenters. The van der Waals surface area contributed by atoms with Crippen molar-refractivity contribution in [2.75, 3.05) is 10.2 Å². The molecule has 4 aromatic carbocycles. The second-order valence-corrected chi connectivity index (χ2v) is 11.0. The molecule has 1 N–H and O–H groups in total. The Balaban J connectivity index is 0.000000156. The van der Waals surface area contributed by atoms with Crippen molar-refractivity contribution in [3.05, 3.63) is 128 Å². The number of alkyl halides is 1. The molecule has 2 amide bonds. The van der Waals surface area contributed by atoms with Gasteiger partial charge in [0.05, 0.1) is 29.0 Å². The number of ketones is 2. The first-order chi connectivity index (χ1) is 19.6. The Morgan fingerprint density at radius 1 is 0.659 bits per heavy atom. The minimum atomic E-state index is -0.559. The maximum Gasteiger partial charge on any atom is 0.299 e. The highest BCUT2D eigenvalue weighted by molar-refractivity contribution is 9.11. The first-order valence-electron chi connectivity index (χ1n) is 11.9. The lowest BCUT2D eigenvalue weighted by molar-refractivity contribution is -0.114. The van der Waals surface area contributed by atoms with Gasteiger partial charge in [-0.2, -0.15) is 0 Å². The van der Waals surface area contributed by atoms with Gasteiger partial charge >= 0.3 is 0 Å². The average molecular weight is 749 g/mol. The predicted molar refractivity (Wildman–Crippen MR) is 162 cm³/mol. The number of halogens is 5. The molecule has 6 rings (SSSR count). The molecule has 0 radical (unpaired) electrons. The van der Waals surface area contributed by atoms with Gasteiger partial charge in [-0.15, -0.1) is 0 Å². The smallest absolute Gasteiger partial charge is 0.299 e. The summed E-state index contributed by atoms with van der Waals surface area (Å²) in [7, 11) is 0. The van der Waals surface area contributed by atoms with Gasteiger partial charge in [0, 0.05) is 14.3 Å². The Hall–Kier alpha value is -3.54. The second kappa shape index (κ2) is 13.4. The van der Waals surface area contributed by atoms with Crippen LogP contribution in [0, 0.1) is 11.6 Å². The van der Waals surface area contributed by atoms with Crippen molar-refractivity contribution in [2.24, 2.45) is 0 Å². The number of anilines is 2. The standard InChI is InChI=1S/C15H9BrFNO2.C8H4BrNO2.C7H6BrF/c16-11-2-1-3-12-13(11)14(19)15(20)18(12)8-9-4-6-10(17)7-5-9;9-4-2-1-3-5-6(4)7(11)8(12)10-5;8-5-6-1-3-7(9)4-2-6/h1-7H,8H2;1-3H,(H,10,11,12);1-4H,5H2. The molecule has 6 nitrogen and oxygen atoms in total. The Kier molecular flexibility index (Phi) is 9.95. The average Bonchev–Trinajstić information content (AvgIpc) is 3.39. The first-order valence-corrected chi connectivity index (χ1v) is 14.6. The zero-order chi connectivity index (χ0) is 29.7. The van der Waals surface area contributed by atoms with Crippen LogP contribution in [0.2, 0.25) is 0 Å². The van der Waals surface area contributed by atoms with Crippen molar-refractivity contribution in [1.29, 1.82) is 0 Å². The van der Waals surface area contributed by atoms with Gasteiger partial charge in [-0.25, -0.2) is 8.78 Å². The highest BCUT2D eigenvalue weighted by Gasteiger charge is 2.37. The van der Waals surface area contributed by atoms with Crippen LogP contribution in [0.25, 0.3) is 0 Å². The van der Waals surface area contributed by atoms with Gasteiger partial charge in [-0.05, 0) is 91.5 Å². The second-order valence-electron chi connectivity index (χ2n) is 8.69. The van der Waals surface area contributed by atoms with Crippen molar-refractivity contribution in [3.63, 3.8) is 0 Å². The maximum absolute atomic E-state index is 12.9. The highest BCUT2D eigenvalue weighted by Crippen LogP contribution is 2.35. The van der Waals surface area contributed by atoms with E-state index in [0.717, 1.165) is 16.5 Å². The van der Waals surface area contributed by atoms with Crippen LogP contribution in [-0.2, 0) is 21.5 Å². The van der Waals surface area contributed by atoms with Crippen LogP contribution in [0.4, 0.5) is 20.2 Å². The molecule has 11 heteroatoms. The number of nitrogens with zero attached hydrogens (tertiary/aromatic N) is 1. The number of carbonyl (C=O) groups is 4. The summed E-state index contributed by atoms with van der Waals surface area (Å²) in [6.07, 6.45) is 0. The molecule has 0 bridgehead atoms. The number of hydrogen-bond acceptors (Lipinski definition) is 4. The molecule has 2 heterocycles. The van der Waals surface area contributed by atoms with Gasteiger partial charge in [0.1, 0.15) is 11.6 Å². The third kappa shape index (κ3) is 7.03. The Bertz CT molecular complexity index is 1650. The number of Topliss-reactive ketones (excluding diaryl/α,β-unsaturated/α-hetero) is 2. The molecule has 2 aliphatic heterocycles. The van der Waals surface area contributed by atoms with E-state index in [2.05, 4.69) is 53.1 Å². The molecule has 208 valence electrons. The van der Waals surface area contributed by atoms with Crippen molar-refractivity contribution < 1.29 is 28.0 Å². The molecule has 0 saturated heterocycles. The van der Waals surface area contributed by atoms with Gasteiger partial charge < -0.3 is 10.2 Å². The largest absolute Gasteiger partial charge is 0.318 e. The van der Waals surface area contributed by atoms with Crippen LogP contribution in [-0.4, -0.2) is 23.4 Å². The summed E-state index contributed by atoms with van der Waals surface area (Å²) >= 11 is 9.75. The number of carbonyl (C=O) groups excluding carboxylic acids is 4. The monoisotopic (exact) mass is 746 g/mol. The quantitative estimate of drug-likeness (QED) is 0.173. The number of fused-ring (bicyclic) bond motifs is 2. The zero-order valence-electron chi connectivity index (χ0n) is 21.0. The molecule has 0 saturated carbocycles. The first kappa shape index (κ1) is 30.4. The lowest BCUT2D eigenvalue weighted by Gasteiger charge is -2.16. The molecule has 0 fully saturated rings. The summed E-state index contributed by atoms with van der Waals surface area (Å²) in [5, 5.41) is 3.25. The zero-order valence-corrected chi connectivity index (χ0v) is 25.7. The Morgan fingerprint density at radius 2 is 1.20 bits per heavy atom. The van der Waals surface area contributed by atoms with E-state index in [1.165, 1.54) is 29.2 Å². The Labute approximate surface area is 259 Å². The molecule has 0 spiro atoms. The van der Waals surface area contributed by atoms with E-state index in [4.69, 9.17) is 0 Å². The predicted octanol–water partition coefficient (Wildman–Crippen LogP) is 7.62. The van der Waals surface area contributed by atoms with E-state index in [9.17, 15) is 28.0 Å². The van der Waals surface area contributed by atoms with Crippen LogP contribution in [0.3, 0.4) is 0 Å². The van der Waals surface area contributed by atoms with Gasteiger partial charge in [0.25, 0.3) is 23.4 Å². The fourth-order valence-corrected chi connectivity index (χ4v) is 5.41. The number of rotatable bonds is 3. The van der Waals surface area contributed by atoms with Crippen molar-refractivity contribution in [1.82, 2.24) is 0 Å². The highest BCUT2D eigenvalue weighted by atomic mass is 79.9. The fourth-order valence-electron chi connectivity index (χ4n) is 3.96. The normalized spacial score (nSPS) is 13.0. The SMILES string of the molecule is Fc1ccc(CBr)cc1.O=C1C(=O)N(Cc2ccc(F)cc2)c2cccc(Br)c21.O=C1Nc2cccc(Br)c2C1=O. The third-order valence-corrected chi connectivity index (χ3v) is 7.93. The van der Waals surface area contributed by atoms with E-state index in [1.807, 2.05) is 0 Å². The number of benzene rings is 4. The topological polar surface area (TPSA) is 83.6 Å². The molecule has 0 unspecified atom stereocenters. The van der Waals surface area contributed by atoms with Gasteiger partial charge in [-0.3, -0.25) is 19.2 Å². The van der Waals surface area contributed by atoms with Crippen LogP contribution in [0.1, 0.15) is 31.8 Å². The summed E-state index contributed by atoms with van der Waals surface area (Å²) in [5.74, 6) is -2.62. The minimum absolute atomic E-state index is 0.181. The lowest BCUT2D eigenvalue weighted by Crippen LogP contribution is -2.29. The van der Waals surface area contributed by atoms with E-state index in [1.54, 1.807) is 60.7 Å². The lowest BCUT2D eigenvalue weighted by atomic mass is 10.1. The molecule has 2 aliphatic rings. The van der Waals surface area contributed by atoms with Gasteiger partial charge in [-0.1, -0.05) is 52.3 Å². The molecule has 0 aromatic heterocycles. The van der Waals surface area contributed by atoms with E-state index in [0.29, 0.717) is 31.4 Å². The summed E-state index contributed by atoms with van der Waals surface area (Å²) in [5.41, 5.74) is 3.84. The number of hydrogen-bond donors (Lipinski definition) is 1. The van der Waals surface area contributed by atoms with Gasteiger partial charge in [0.2, 0.25) is 0 Å². The van der Waals surface area contributed by atoms with Crippen molar-refractivity contribution >= 4 is 82.5 Å². The molecule has 4 aromatic rings. The number of amides is 2. The summed E-state index contributed by atoms with van der Waals surface area (Å²) < 4.78 is 26.4. The fraction of sp³-hybridized carbons (Fsp3) is 0.0667. The number of nitrogens with one attached hydrogen (secondary N) is 1. The molecule has 0 aliphatic carbocycles. The van der Waals surface area contributed by atoms with E-state index in [-0.39, 0.29) is 18.2 Å².